The second-order valence-corrected chi connectivity index (χ2v) is 10.6. The van der Waals surface area contributed by atoms with Crippen LogP contribution in [0.2, 0.25) is 0 Å². The van der Waals surface area contributed by atoms with Crippen LogP contribution in [0.1, 0.15) is 38.8 Å². The quantitative estimate of drug-likeness (QED) is 0.242. The van der Waals surface area contributed by atoms with Crippen LogP contribution in [0.25, 0.3) is 20.2 Å². The van der Waals surface area contributed by atoms with Crippen LogP contribution in [0.5, 0.6) is 0 Å². The number of amidine groups is 2. The van der Waals surface area contributed by atoms with Crippen molar-refractivity contribution in [1.29, 1.82) is 5.41 Å². The van der Waals surface area contributed by atoms with Gasteiger partial charge in [-0.1, -0.05) is 54.6 Å². The summed E-state index contributed by atoms with van der Waals surface area (Å²) in [5.74, 6) is 0.893. The molecule has 1 aliphatic rings. The van der Waals surface area contributed by atoms with Crippen molar-refractivity contribution in [1.82, 2.24) is 5.32 Å². The highest BCUT2D eigenvalue weighted by Crippen LogP contribution is 2.39. The molecule has 0 spiro atoms. The van der Waals surface area contributed by atoms with Crippen LogP contribution in [-0.4, -0.2) is 37.0 Å². The van der Waals surface area contributed by atoms with Crippen molar-refractivity contribution >= 4 is 55.8 Å². The maximum absolute atomic E-state index is 8.49. The zero-order valence-electron chi connectivity index (χ0n) is 20.1. The van der Waals surface area contributed by atoms with Crippen molar-refractivity contribution in [3.8, 4) is 0 Å². The molecule has 1 fully saturated rings. The summed E-state index contributed by atoms with van der Waals surface area (Å²) in [6.45, 7) is 8.31. The van der Waals surface area contributed by atoms with E-state index in [2.05, 4.69) is 68.3 Å². The summed E-state index contributed by atoms with van der Waals surface area (Å²) in [7, 11) is 1.41. The molecule has 7 heteroatoms. The zero-order valence-corrected chi connectivity index (χ0v) is 20.9. The molecule has 0 saturated carbocycles. The molecule has 4 aromatic rings. The molecule has 5 nitrogen and oxygen atoms in total. The molecule has 0 aliphatic carbocycles. The fourth-order valence-corrected chi connectivity index (χ4v) is 5.50. The molecule has 2 heterocycles. The molecule has 1 saturated heterocycles. The lowest BCUT2D eigenvalue weighted by atomic mass is 9.76. The number of benzene rings is 3. The average molecular weight is 469 g/mol. The third-order valence-corrected chi connectivity index (χ3v) is 8.03. The summed E-state index contributed by atoms with van der Waals surface area (Å²) in [5, 5.41) is 14.0. The van der Waals surface area contributed by atoms with Gasteiger partial charge in [-0.3, -0.25) is 5.41 Å². The average Bonchev–Trinajstić information content (AvgIpc) is 3.31. The van der Waals surface area contributed by atoms with Gasteiger partial charge in [0.25, 0.3) is 0 Å². The molecule has 0 atom stereocenters. The minimum Gasteiger partial charge on any atom is -0.399 e. The summed E-state index contributed by atoms with van der Waals surface area (Å²) in [6, 6.07) is 22.1. The van der Waals surface area contributed by atoms with Gasteiger partial charge in [0.2, 0.25) is 0 Å². The first-order chi connectivity index (χ1) is 16.2. The van der Waals surface area contributed by atoms with Gasteiger partial charge in [0.15, 0.2) is 5.84 Å². The number of fused-ring (bicyclic) bond motifs is 3. The molecule has 0 bridgehead atoms. The summed E-state index contributed by atoms with van der Waals surface area (Å²) in [6.07, 6.45) is 0. The molecular weight excluding hydrogens is 441 g/mol. The predicted octanol–water partition coefficient (Wildman–Crippen LogP) is 5.35. The van der Waals surface area contributed by atoms with Crippen molar-refractivity contribution in [2.24, 2.45) is 4.99 Å². The number of nitrogens with one attached hydrogen (secondary N) is 2. The van der Waals surface area contributed by atoms with Gasteiger partial charge in [0, 0.05) is 38.3 Å². The molecular formula is C27H28BN3O2S. The molecule has 34 heavy (non-hydrogen) atoms. The minimum atomic E-state index is -0.432. The Labute approximate surface area is 204 Å². The molecule has 5 rings (SSSR count). The van der Waals surface area contributed by atoms with E-state index in [1.54, 1.807) is 11.3 Å². The molecule has 1 aromatic heterocycles. The summed E-state index contributed by atoms with van der Waals surface area (Å²) < 4.78 is 15.1. The number of rotatable bonds is 3. The van der Waals surface area contributed by atoms with Gasteiger partial charge in [-0.15, -0.1) is 11.3 Å². The van der Waals surface area contributed by atoms with Crippen LogP contribution in [-0.2, 0) is 9.31 Å². The highest BCUT2D eigenvalue weighted by atomic mass is 32.1. The van der Waals surface area contributed by atoms with E-state index in [-0.39, 0.29) is 5.84 Å². The second-order valence-electron chi connectivity index (χ2n) is 9.52. The number of hydrogen-bond donors (Lipinski definition) is 2. The molecule has 1 aliphatic heterocycles. The fourth-order valence-electron chi connectivity index (χ4n) is 4.25. The first-order valence-corrected chi connectivity index (χ1v) is 12.2. The lowest BCUT2D eigenvalue weighted by Crippen LogP contribution is -2.41. The van der Waals surface area contributed by atoms with Gasteiger partial charge >= 0.3 is 7.12 Å². The number of aliphatic imine (C=N–C) groups is 1. The Balaban J connectivity index is 1.64. The Morgan fingerprint density at radius 3 is 2.26 bits per heavy atom. The molecule has 172 valence electrons. The van der Waals surface area contributed by atoms with Gasteiger partial charge in [-0.05, 0) is 45.3 Å². The summed E-state index contributed by atoms with van der Waals surface area (Å²) in [5.41, 5.74) is 1.99. The first-order valence-electron chi connectivity index (χ1n) is 11.4. The summed E-state index contributed by atoms with van der Waals surface area (Å²) >= 11 is 1.73. The second kappa shape index (κ2) is 8.34. The fraction of sp³-hybridized carbons (Fsp3) is 0.259. The maximum Gasteiger partial charge on any atom is 0.495 e. The van der Waals surface area contributed by atoms with Crippen LogP contribution < -0.4 is 10.8 Å². The SMILES string of the molecule is CN/C(=N\C(=N)c1ccccc1)c1cccc2c1sc1cccc(B3OC(C)(C)C(C)(C)O3)c12. The molecule has 0 radical (unpaired) electrons. The monoisotopic (exact) mass is 469 g/mol. The van der Waals surface area contributed by atoms with Crippen molar-refractivity contribution in [3.05, 3.63) is 77.9 Å². The minimum absolute atomic E-state index is 0.223. The number of thiophene rings is 1. The standard InChI is InChI=1S/C27H28BN3O2S/c1-26(2)27(3,4)33-28(32-26)20-15-10-16-21-22(20)18-13-9-14-19(23(18)34-21)25(30-5)31-24(29)17-11-7-6-8-12-17/h6-16H,1-5H3,(H2,29,30,31). The van der Waals surface area contributed by atoms with Gasteiger partial charge in [-0.25, -0.2) is 4.99 Å². The zero-order chi connectivity index (χ0) is 24.1. The largest absolute Gasteiger partial charge is 0.495 e. The summed E-state index contributed by atoms with van der Waals surface area (Å²) in [4.78, 5) is 4.64. The van der Waals surface area contributed by atoms with E-state index in [0.717, 1.165) is 32.1 Å². The van der Waals surface area contributed by atoms with E-state index in [0.29, 0.717) is 5.84 Å². The van der Waals surface area contributed by atoms with Crippen LogP contribution in [0, 0.1) is 5.41 Å². The van der Waals surface area contributed by atoms with E-state index >= 15 is 0 Å². The molecule has 0 amide bonds. The van der Waals surface area contributed by atoms with E-state index in [9.17, 15) is 0 Å². The van der Waals surface area contributed by atoms with Gasteiger partial charge in [0.05, 0.1) is 11.2 Å². The van der Waals surface area contributed by atoms with E-state index < -0.39 is 18.3 Å². The van der Waals surface area contributed by atoms with Crippen LogP contribution in [0.3, 0.4) is 0 Å². The van der Waals surface area contributed by atoms with Gasteiger partial charge in [0.1, 0.15) is 5.84 Å². The lowest BCUT2D eigenvalue weighted by Gasteiger charge is -2.32. The smallest absolute Gasteiger partial charge is 0.399 e. The topological polar surface area (TPSA) is 66.7 Å². The van der Waals surface area contributed by atoms with Crippen molar-refractivity contribution in [2.75, 3.05) is 7.05 Å². The van der Waals surface area contributed by atoms with Crippen molar-refractivity contribution in [3.63, 3.8) is 0 Å². The van der Waals surface area contributed by atoms with E-state index in [4.69, 9.17) is 14.7 Å². The molecule has 2 N–H and O–H groups in total. The highest BCUT2D eigenvalue weighted by Gasteiger charge is 2.52. The van der Waals surface area contributed by atoms with E-state index in [1.807, 2.05) is 43.4 Å². The Bertz CT molecular complexity index is 1410. The van der Waals surface area contributed by atoms with Crippen molar-refractivity contribution < 1.29 is 9.31 Å². The van der Waals surface area contributed by atoms with Crippen LogP contribution in [0.4, 0.5) is 0 Å². The lowest BCUT2D eigenvalue weighted by molar-refractivity contribution is 0.00578. The Hall–Kier alpha value is -3.00. The first kappa shape index (κ1) is 22.8. The Morgan fingerprint density at radius 1 is 0.912 bits per heavy atom. The Morgan fingerprint density at radius 2 is 1.59 bits per heavy atom. The maximum atomic E-state index is 8.49. The van der Waals surface area contributed by atoms with E-state index in [1.165, 1.54) is 4.70 Å². The number of nitrogens with zero attached hydrogens (tertiary/aromatic N) is 1. The third kappa shape index (κ3) is 3.74. The predicted molar refractivity (Wildman–Crippen MR) is 144 cm³/mol. The van der Waals surface area contributed by atoms with Crippen LogP contribution in [0.15, 0.2) is 71.7 Å². The van der Waals surface area contributed by atoms with Crippen molar-refractivity contribution in [2.45, 2.75) is 38.9 Å². The van der Waals surface area contributed by atoms with Gasteiger partial charge in [-0.2, -0.15) is 0 Å². The molecule has 0 unspecified atom stereocenters. The number of hydrogen-bond acceptors (Lipinski definition) is 4. The van der Waals surface area contributed by atoms with Gasteiger partial charge < -0.3 is 14.6 Å². The molecule has 3 aromatic carbocycles. The third-order valence-electron chi connectivity index (χ3n) is 6.82. The normalized spacial score (nSPS) is 17.4. The van der Waals surface area contributed by atoms with Crippen LogP contribution >= 0.6 is 11.3 Å². The highest BCUT2D eigenvalue weighted by molar-refractivity contribution is 7.26. The Kier molecular flexibility index (Phi) is 5.59.